The number of piperidine rings is 1. The summed E-state index contributed by atoms with van der Waals surface area (Å²) in [5.41, 5.74) is 2.38. The highest BCUT2D eigenvalue weighted by molar-refractivity contribution is 9.10. The molecule has 1 aliphatic rings. The number of nitro groups is 1. The molecule has 10 heteroatoms. The number of carbonyl (C=O) groups is 2. The quantitative estimate of drug-likeness (QED) is 0.117. The molecular formula is C31H34BrN3O6. The Labute approximate surface area is 248 Å². The third kappa shape index (κ3) is 7.18. The summed E-state index contributed by atoms with van der Waals surface area (Å²) < 4.78 is 12.0. The Bertz CT molecular complexity index is 1400. The number of hydrogen-bond acceptors (Lipinski definition) is 8. The van der Waals surface area contributed by atoms with Crippen LogP contribution in [0.1, 0.15) is 62.8 Å². The average Bonchev–Trinajstić information content (AvgIpc) is 2.94. The van der Waals surface area contributed by atoms with Crippen LogP contribution in [0.4, 0.5) is 0 Å². The molecule has 0 unspecified atom stereocenters. The van der Waals surface area contributed by atoms with Crippen molar-refractivity contribution in [1.29, 1.82) is 0 Å². The molecule has 41 heavy (non-hydrogen) atoms. The van der Waals surface area contributed by atoms with Gasteiger partial charge in [-0.2, -0.15) is 0 Å². The van der Waals surface area contributed by atoms with Crippen molar-refractivity contribution in [1.82, 2.24) is 9.88 Å². The normalized spacial score (nSPS) is 19.2. The topological polar surface area (TPSA) is 112 Å². The Morgan fingerprint density at radius 1 is 1.02 bits per heavy atom. The summed E-state index contributed by atoms with van der Waals surface area (Å²) in [5.74, 6) is -2.05. The average molecular weight is 625 g/mol. The van der Waals surface area contributed by atoms with Gasteiger partial charge in [0.05, 0.1) is 17.8 Å². The van der Waals surface area contributed by atoms with Crippen LogP contribution in [0, 0.1) is 22.0 Å². The number of carbonyl (C=O) groups excluding carboxylic acids is 2. The van der Waals surface area contributed by atoms with E-state index in [4.69, 9.17) is 9.47 Å². The Kier molecular flexibility index (Phi) is 9.88. The zero-order valence-electron chi connectivity index (χ0n) is 23.5. The molecular weight excluding hydrogens is 590 g/mol. The summed E-state index contributed by atoms with van der Waals surface area (Å²) in [5, 5.41) is 12.9. The van der Waals surface area contributed by atoms with Crippen molar-refractivity contribution < 1.29 is 24.0 Å². The molecule has 3 aromatic rings. The highest BCUT2D eigenvalue weighted by Gasteiger charge is 2.48. The standard InChI is InChI=1S/C31H34BrN3O6/c1-19(2)30(36)40-26-12-11-22(16-27(26)41-31(37)20(3)4)28-29(35(38)39)24(23-9-5-6-10-25(23)32)13-15-34(28)18-21-8-7-14-33-17-21/h5-12,14,16-17,19-20,24,28-29H,13,15,18H2,1-4H3/t24-,28+,29-/m1/s1. The molecule has 0 aliphatic carbocycles. The third-order valence-corrected chi connectivity index (χ3v) is 7.91. The minimum atomic E-state index is -1.02. The second kappa shape index (κ2) is 13.4. The van der Waals surface area contributed by atoms with Crippen LogP contribution in [0.15, 0.2) is 71.5 Å². The fourth-order valence-corrected chi connectivity index (χ4v) is 5.64. The molecule has 2 aromatic carbocycles. The summed E-state index contributed by atoms with van der Waals surface area (Å²) >= 11 is 3.60. The van der Waals surface area contributed by atoms with E-state index < -0.39 is 35.9 Å². The van der Waals surface area contributed by atoms with Crippen LogP contribution in [0.3, 0.4) is 0 Å². The molecule has 1 fully saturated rings. The first-order chi connectivity index (χ1) is 19.6. The van der Waals surface area contributed by atoms with Crippen molar-refractivity contribution in [2.75, 3.05) is 6.54 Å². The lowest BCUT2D eigenvalue weighted by Crippen LogP contribution is -2.48. The molecule has 0 bridgehead atoms. The van der Waals surface area contributed by atoms with Crippen molar-refractivity contribution >= 4 is 27.9 Å². The fourth-order valence-electron chi connectivity index (χ4n) is 5.07. The number of esters is 2. The molecule has 1 saturated heterocycles. The highest BCUT2D eigenvalue weighted by Crippen LogP contribution is 2.45. The van der Waals surface area contributed by atoms with Crippen LogP contribution in [-0.4, -0.2) is 39.3 Å². The summed E-state index contributed by atoms with van der Waals surface area (Å²) in [6, 6.07) is 14.5. The fraction of sp³-hybridized carbons (Fsp3) is 0.387. The summed E-state index contributed by atoms with van der Waals surface area (Å²) in [4.78, 5) is 44.0. The lowest BCUT2D eigenvalue weighted by Gasteiger charge is -2.41. The zero-order valence-corrected chi connectivity index (χ0v) is 25.1. The minimum absolute atomic E-state index is 0.0571. The smallest absolute Gasteiger partial charge is 0.313 e. The van der Waals surface area contributed by atoms with E-state index in [0.29, 0.717) is 25.1 Å². The molecule has 4 rings (SSSR count). The number of pyridine rings is 1. The molecule has 1 aliphatic heterocycles. The predicted octanol–water partition coefficient (Wildman–Crippen LogP) is 6.34. The third-order valence-electron chi connectivity index (χ3n) is 7.19. The number of likely N-dealkylation sites (tertiary alicyclic amines) is 1. The summed E-state index contributed by atoms with van der Waals surface area (Å²) in [6.45, 7) is 7.84. The monoisotopic (exact) mass is 623 g/mol. The first-order valence-corrected chi connectivity index (χ1v) is 14.4. The van der Waals surface area contributed by atoms with E-state index in [1.807, 2.05) is 36.4 Å². The number of hydrogen-bond donors (Lipinski definition) is 0. The summed E-state index contributed by atoms with van der Waals surface area (Å²) in [7, 11) is 0. The van der Waals surface area contributed by atoms with Crippen LogP contribution < -0.4 is 9.47 Å². The molecule has 0 radical (unpaired) electrons. The van der Waals surface area contributed by atoms with E-state index >= 15 is 0 Å². The molecule has 0 N–H and O–H groups in total. The van der Waals surface area contributed by atoms with Gasteiger partial charge in [0.2, 0.25) is 6.04 Å². The van der Waals surface area contributed by atoms with Gasteiger partial charge in [0.25, 0.3) is 0 Å². The molecule has 1 aromatic heterocycles. The lowest BCUT2D eigenvalue weighted by molar-refractivity contribution is -0.540. The van der Waals surface area contributed by atoms with Gasteiger partial charge < -0.3 is 9.47 Å². The van der Waals surface area contributed by atoms with Gasteiger partial charge in [-0.15, -0.1) is 0 Å². The van der Waals surface area contributed by atoms with Gasteiger partial charge in [-0.05, 0) is 47.4 Å². The van der Waals surface area contributed by atoms with Crippen molar-refractivity contribution in [2.24, 2.45) is 11.8 Å². The number of nitrogens with zero attached hydrogens (tertiary/aromatic N) is 3. The summed E-state index contributed by atoms with van der Waals surface area (Å²) in [6.07, 6.45) is 4.01. The maximum atomic E-state index is 12.9. The Hall–Kier alpha value is -3.63. The van der Waals surface area contributed by atoms with Gasteiger partial charge in [0.1, 0.15) is 6.04 Å². The van der Waals surface area contributed by atoms with E-state index in [0.717, 1.165) is 15.6 Å². The van der Waals surface area contributed by atoms with Gasteiger partial charge in [0, 0.05) is 34.9 Å². The van der Waals surface area contributed by atoms with Crippen LogP contribution in [-0.2, 0) is 16.1 Å². The van der Waals surface area contributed by atoms with Gasteiger partial charge in [-0.3, -0.25) is 29.6 Å². The Morgan fingerprint density at radius 2 is 1.71 bits per heavy atom. The van der Waals surface area contributed by atoms with Crippen LogP contribution in [0.2, 0.25) is 0 Å². The van der Waals surface area contributed by atoms with Crippen molar-refractivity contribution in [3.05, 3.63) is 98.3 Å². The van der Waals surface area contributed by atoms with Crippen LogP contribution in [0.5, 0.6) is 11.5 Å². The molecule has 0 spiro atoms. The molecule has 0 amide bonds. The molecule has 9 nitrogen and oxygen atoms in total. The number of ether oxygens (including phenoxy) is 2. The van der Waals surface area contributed by atoms with Gasteiger partial charge in [-0.25, -0.2) is 0 Å². The van der Waals surface area contributed by atoms with E-state index in [-0.39, 0.29) is 22.3 Å². The van der Waals surface area contributed by atoms with Crippen molar-refractivity contribution in [3.63, 3.8) is 0 Å². The molecule has 2 heterocycles. The Morgan fingerprint density at radius 3 is 2.32 bits per heavy atom. The second-order valence-electron chi connectivity index (χ2n) is 10.8. The maximum absolute atomic E-state index is 12.9. The maximum Gasteiger partial charge on any atom is 0.313 e. The number of benzene rings is 2. The number of rotatable bonds is 9. The molecule has 216 valence electrons. The highest BCUT2D eigenvalue weighted by atomic mass is 79.9. The van der Waals surface area contributed by atoms with E-state index in [1.54, 1.807) is 58.3 Å². The van der Waals surface area contributed by atoms with E-state index in [1.165, 1.54) is 0 Å². The van der Waals surface area contributed by atoms with E-state index in [2.05, 4.69) is 25.8 Å². The van der Waals surface area contributed by atoms with Gasteiger partial charge in [-0.1, -0.05) is 74.0 Å². The first kappa shape index (κ1) is 30.3. The molecule has 0 saturated carbocycles. The number of aromatic nitrogens is 1. The van der Waals surface area contributed by atoms with Crippen LogP contribution in [0.25, 0.3) is 0 Å². The molecule has 3 atom stereocenters. The van der Waals surface area contributed by atoms with Crippen molar-refractivity contribution in [2.45, 2.75) is 58.7 Å². The first-order valence-electron chi connectivity index (χ1n) is 13.6. The van der Waals surface area contributed by atoms with Gasteiger partial charge in [0.15, 0.2) is 11.5 Å². The van der Waals surface area contributed by atoms with E-state index in [9.17, 15) is 19.7 Å². The zero-order chi connectivity index (χ0) is 29.7. The Balaban J connectivity index is 1.83. The van der Waals surface area contributed by atoms with Crippen LogP contribution >= 0.6 is 15.9 Å². The number of halogens is 1. The largest absolute Gasteiger partial charge is 0.422 e. The lowest BCUT2D eigenvalue weighted by atomic mass is 9.78. The van der Waals surface area contributed by atoms with Crippen molar-refractivity contribution in [3.8, 4) is 11.5 Å². The predicted molar refractivity (Wildman–Crippen MR) is 157 cm³/mol. The minimum Gasteiger partial charge on any atom is -0.422 e. The second-order valence-corrected chi connectivity index (χ2v) is 11.7. The SMILES string of the molecule is CC(C)C(=O)Oc1ccc([C@H]2[C@H]([N+](=O)[O-])[C@@H](c3ccccc3Br)CCN2Cc2cccnc2)cc1OC(=O)C(C)C. The van der Waals surface area contributed by atoms with Gasteiger partial charge >= 0.3 is 11.9 Å².